The fourth-order valence-electron chi connectivity index (χ4n) is 9.98. The molecule has 308 valence electrons. The van der Waals surface area contributed by atoms with E-state index in [4.69, 9.17) is 18.9 Å². The van der Waals surface area contributed by atoms with Crippen LogP contribution in [0.4, 0.5) is 0 Å². The van der Waals surface area contributed by atoms with E-state index in [1.165, 1.54) is 27.7 Å². The molecule has 10 unspecified atom stereocenters. The molecular weight excluding hydrogens is 688 g/mol. The second-order valence-electron chi connectivity index (χ2n) is 18.4. The summed E-state index contributed by atoms with van der Waals surface area (Å²) in [5.41, 5.74) is -1.21. The molecule has 0 radical (unpaired) electrons. The van der Waals surface area contributed by atoms with Crippen molar-refractivity contribution in [1.29, 1.82) is 0 Å². The van der Waals surface area contributed by atoms with Gasteiger partial charge in [0.1, 0.15) is 35.0 Å². The Labute approximate surface area is 325 Å². The molecule has 0 amide bonds. The maximum atomic E-state index is 14.0. The molecule has 10 atom stereocenters. The summed E-state index contributed by atoms with van der Waals surface area (Å²) >= 11 is 0. The number of Topliss-reactive ketones (excluding diaryl/α,β-unsaturated/α-hetero) is 2. The second-order valence-corrected chi connectivity index (χ2v) is 18.4. The van der Waals surface area contributed by atoms with Gasteiger partial charge in [0.15, 0.2) is 0 Å². The SMILES string of the molecule is CC(=O)OC(CCC(C)(CCCC1CCC2C(=O)C3CC(CCC(OC(C)=O)C(C)CCCC(C)(C)OC(C)=O)CCC3C(=O)C2C1)OC(C)=O)C(C)C. The van der Waals surface area contributed by atoms with E-state index in [0.29, 0.717) is 42.7 Å². The van der Waals surface area contributed by atoms with Crippen LogP contribution in [-0.2, 0) is 47.7 Å². The summed E-state index contributed by atoms with van der Waals surface area (Å²) in [6.45, 7) is 17.6. The van der Waals surface area contributed by atoms with Crippen LogP contribution in [0, 0.1) is 47.3 Å². The van der Waals surface area contributed by atoms with E-state index in [1.54, 1.807) is 0 Å². The van der Waals surface area contributed by atoms with E-state index in [9.17, 15) is 28.8 Å². The summed E-state index contributed by atoms with van der Waals surface area (Å²) in [4.78, 5) is 75.2. The Morgan fingerprint density at radius 2 is 1.11 bits per heavy atom. The summed E-state index contributed by atoms with van der Waals surface area (Å²) in [5, 5.41) is 0. The van der Waals surface area contributed by atoms with Crippen molar-refractivity contribution in [3.05, 3.63) is 0 Å². The van der Waals surface area contributed by atoms with Crippen molar-refractivity contribution in [2.45, 2.75) is 195 Å². The predicted octanol–water partition coefficient (Wildman–Crippen LogP) is 8.92. The molecule has 0 aromatic carbocycles. The monoisotopic (exact) mass is 761 g/mol. The Morgan fingerprint density at radius 1 is 0.593 bits per heavy atom. The van der Waals surface area contributed by atoms with Crippen molar-refractivity contribution >= 4 is 35.4 Å². The molecule has 3 rings (SSSR count). The summed E-state index contributed by atoms with van der Waals surface area (Å²) < 4.78 is 22.6. The molecular formula is C44H72O10. The number of carbonyl (C=O) groups is 6. The van der Waals surface area contributed by atoms with Crippen molar-refractivity contribution in [2.24, 2.45) is 47.3 Å². The highest BCUT2D eigenvalue weighted by molar-refractivity contribution is 5.99. The molecule has 0 spiro atoms. The summed E-state index contributed by atoms with van der Waals surface area (Å²) in [7, 11) is 0. The molecule has 0 saturated heterocycles. The van der Waals surface area contributed by atoms with Crippen LogP contribution in [0.25, 0.3) is 0 Å². The first-order valence-electron chi connectivity index (χ1n) is 21.0. The average molecular weight is 761 g/mol. The van der Waals surface area contributed by atoms with Crippen molar-refractivity contribution in [2.75, 3.05) is 0 Å². The molecule has 0 N–H and O–H groups in total. The lowest BCUT2D eigenvalue weighted by Gasteiger charge is -2.46. The zero-order valence-corrected chi connectivity index (χ0v) is 35.2. The third-order valence-corrected chi connectivity index (χ3v) is 12.8. The quantitative estimate of drug-likeness (QED) is 0.0873. The first kappa shape index (κ1) is 45.6. The van der Waals surface area contributed by atoms with Crippen LogP contribution in [0.3, 0.4) is 0 Å². The maximum absolute atomic E-state index is 14.0. The Morgan fingerprint density at radius 3 is 1.61 bits per heavy atom. The molecule has 3 saturated carbocycles. The largest absolute Gasteiger partial charge is 0.462 e. The zero-order chi connectivity index (χ0) is 40.4. The van der Waals surface area contributed by atoms with Crippen LogP contribution < -0.4 is 0 Å². The highest BCUT2D eigenvalue weighted by Crippen LogP contribution is 2.50. The van der Waals surface area contributed by atoms with E-state index in [0.717, 1.165) is 83.5 Å². The third kappa shape index (κ3) is 14.1. The lowest BCUT2D eigenvalue weighted by molar-refractivity contribution is -0.160. The molecule has 0 aromatic heterocycles. The molecule has 3 aliphatic rings. The molecule has 10 nitrogen and oxygen atoms in total. The number of ketones is 2. The van der Waals surface area contributed by atoms with Gasteiger partial charge >= 0.3 is 23.9 Å². The zero-order valence-electron chi connectivity index (χ0n) is 35.2. The normalized spacial score (nSPS) is 27.1. The Kier molecular flexibility index (Phi) is 17.2. The Balaban J connectivity index is 1.52. The standard InChI is InChI=1S/C44H72O10/c1-27(2)39(51-29(4)45)21-24-44(10,54-32(7)48)23-12-14-33-15-18-35-37(25-33)41(49)36-19-16-34(26-38(36)42(35)50)17-20-40(52-30(5)46)28(3)13-11-22-43(8,9)53-31(6)47/h27-28,33-40H,11-26H2,1-10H3. The van der Waals surface area contributed by atoms with E-state index in [-0.39, 0.29) is 71.6 Å². The third-order valence-electron chi connectivity index (χ3n) is 12.8. The van der Waals surface area contributed by atoms with E-state index in [2.05, 4.69) is 6.92 Å². The summed E-state index contributed by atoms with van der Waals surface area (Å²) in [6.07, 6.45) is 12.0. The van der Waals surface area contributed by atoms with Crippen molar-refractivity contribution < 1.29 is 47.7 Å². The number of carbonyl (C=O) groups excluding carboxylic acids is 6. The van der Waals surface area contributed by atoms with Crippen LogP contribution in [0.1, 0.15) is 172 Å². The van der Waals surface area contributed by atoms with Crippen molar-refractivity contribution in [3.8, 4) is 0 Å². The number of fused-ring (bicyclic) bond motifs is 2. The molecule has 10 heteroatoms. The van der Waals surface area contributed by atoms with Gasteiger partial charge in [-0.2, -0.15) is 0 Å². The molecule has 0 aromatic rings. The molecule has 3 fully saturated rings. The van der Waals surface area contributed by atoms with Gasteiger partial charge in [0.05, 0.1) is 0 Å². The van der Waals surface area contributed by atoms with Gasteiger partial charge in [-0.15, -0.1) is 0 Å². The minimum absolute atomic E-state index is 0.146. The van der Waals surface area contributed by atoms with E-state index >= 15 is 0 Å². The molecule has 0 aliphatic heterocycles. The molecule has 0 heterocycles. The number of hydrogen-bond acceptors (Lipinski definition) is 10. The van der Waals surface area contributed by atoms with Gasteiger partial charge in [0.2, 0.25) is 0 Å². The lowest BCUT2D eigenvalue weighted by Crippen LogP contribution is -2.51. The fraction of sp³-hybridized carbons (Fsp3) is 0.864. The minimum Gasteiger partial charge on any atom is -0.462 e. The average Bonchev–Trinajstić information content (AvgIpc) is 3.05. The van der Waals surface area contributed by atoms with Crippen LogP contribution >= 0.6 is 0 Å². The van der Waals surface area contributed by atoms with Gasteiger partial charge in [0, 0.05) is 51.4 Å². The van der Waals surface area contributed by atoms with Crippen LogP contribution in [0.2, 0.25) is 0 Å². The maximum Gasteiger partial charge on any atom is 0.303 e. The lowest BCUT2D eigenvalue weighted by atomic mass is 9.55. The molecule has 3 aliphatic carbocycles. The van der Waals surface area contributed by atoms with Crippen LogP contribution in [-0.4, -0.2) is 58.9 Å². The van der Waals surface area contributed by atoms with Gasteiger partial charge in [-0.3, -0.25) is 28.8 Å². The topological polar surface area (TPSA) is 139 Å². The van der Waals surface area contributed by atoms with Gasteiger partial charge in [-0.25, -0.2) is 0 Å². The fourth-order valence-corrected chi connectivity index (χ4v) is 9.98. The van der Waals surface area contributed by atoms with Gasteiger partial charge in [0.25, 0.3) is 0 Å². The van der Waals surface area contributed by atoms with Crippen molar-refractivity contribution in [1.82, 2.24) is 0 Å². The van der Waals surface area contributed by atoms with E-state index < -0.39 is 11.2 Å². The minimum atomic E-state index is -0.668. The summed E-state index contributed by atoms with van der Waals surface area (Å²) in [6, 6.07) is 0. The first-order chi connectivity index (χ1) is 25.2. The molecule has 54 heavy (non-hydrogen) atoms. The van der Waals surface area contributed by atoms with Crippen LogP contribution in [0.5, 0.6) is 0 Å². The highest BCUT2D eigenvalue weighted by Gasteiger charge is 2.52. The van der Waals surface area contributed by atoms with Crippen molar-refractivity contribution in [3.63, 3.8) is 0 Å². The van der Waals surface area contributed by atoms with Gasteiger partial charge in [-0.05, 0) is 141 Å². The van der Waals surface area contributed by atoms with Gasteiger partial charge < -0.3 is 18.9 Å². The van der Waals surface area contributed by atoms with E-state index in [1.807, 2.05) is 34.6 Å². The number of ether oxygens (including phenoxy) is 4. The number of rotatable bonds is 20. The van der Waals surface area contributed by atoms with Gasteiger partial charge in [-0.1, -0.05) is 27.2 Å². The molecule has 0 bridgehead atoms. The Bertz CT molecular complexity index is 1300. The van der Waals surface area contributed by atoms with Crippen LogP contribution in [0.15, 0.2) is 0 Å². The number of hydrogen-bond donors (Lipinski definition) is 0. The highest BCUT2D eigenvalue weighted by atomic mass is 16.6. The summed E-state index contributed by atoms with van der Waals surface area (Å²) in [5.74, 6) is -0.407. The second kappa shape index (κ2) is 20.4. The first-order valence-corrected chi connectivity index (χ1v) is 21.0. The predicted molar refractivity (Wildman–Crippen MR) is 206 cm³/mol. The number of esters is 4. The Hall–Kier alpha value is -2.78. The smallest absolute Gasteiger partial charge is 0.303 e.